The maximum atomic E-state index is 6.03. The van der Waals surface area contributed by atoms with Crippen LogP contribution in [0.1, 0.15) is 39.2 Å². The molecule has 1 aliphatic rings. The van der Waals surface area contributed by atoms with Crippen molar-refractivity contribution in [2.24, 2.45) is 5.92 Å². The molecule has 1 aliphatic heterocycles. The molecule has 0 atom stereocenters. The molecule has 0 saturated carbocycles. The van der Waals surface area contributed by atoms with Crippen LogP contribution >= 0.6 is 24.8 Å². The molecule has 1 N–H and O–H groups in total. The van der Waals surface area contributed by atoms with Gasteiger partial charge in [0.05, 0.1) is 12.3 Å². The summed E-state index contributed by atoms with van der Waals surface area (Å²) < 4.78 is 6.03. The molecule has 0 amide bonds. The summed E-state index contributed by atoms with van der Waals surface area (Å²) in [6.45, 7) is 13.6. The van der Waals surface area contributed by atoms with Gasteiger partial charge in [-0.2, -0.15) is 0 Å². The number of ether oxygens (including phenoxy) is 1. The lowest BCUT2D eigenvalue weighted by Gasteiger charge is -2.28. The van der Waals surface area contributed by atoms with Gasteiger partial charge in [0.25, 0.3) is 0 Å². The molecule has 1 aromatic heterocycles. The molecule has 2 heterocycles. The van der Waals surface area contributed by atoms with E-state index in [1.165, 1.54) is 5.56 Å². The van der Waals surface area contributed by atoms with Crippen molar-refractivity contribution in [1.82, 2.24) is 10.3 Å². The van der Waals surface area contributed by atoms with E-state index in [4.69, 9.17) is 9.72 Å². The normalized spacial score (nSPS) is 13.9. The van der Waals surface area contributed by atoms with Crippen LogP contribution in [0.3, 0.4) is 0 Å². The second-order valence-corrected chi connectivity index (χ2v) is 7.73. The van der Waals surface area contributed by atoms with Crippen molar-refractivity contribution in [3.8, 4) is 17.0 Å². The Bertz CT molecular complexity index is 731. The van der Waals surface area contributed by atoms with Gasteiger partial charge in [-0.1, -0.05) is 33.8 Å². The predicted octanol–water partition coefficient (Wildman–Crippen LogP) is 5.16. The summed E-state index contributed by atoms with van der Waals surface area (Å²) in [5.74, 6) is 2.99. The van der Waals surface area contributed by atoms with Gasteiger partial charge in [0.2, 0.25) is 0 Å². The van der Waals surface area contributed by atoms with Crippen molar-refractivity contribution in [2.45, 2.75) is 33.6 Å². The molecule has 4 nitrogen and oxygen atoms in total. The van der Waals surface area contributed by atoms with E-state index in [-0.39, 0.29) is 24.8 Å². The molecular weight excluding hydrogens is 393 g/mol. The lowest BCUT2D eigenvalue weighted by Crippen LogP contribution is -2.43. The first-order chi connectivity index (χ1) is 12.5. The predicted molar refractivity (Wildman–Crippen MR) is 124 cm³/mol. The van der Waals surface area contributed by atoms with E-state index in [2.05, 4.69) is 74.3 Å². The van der Waals surface area contributed by atoms with E-state index in [9.17, 15) is 0 Å². The Morgan fingerprint density at radius 3 is 2.39 bits per heavy atom. The Morgan fingerprint density at radius 2 is 1.75 bits per heavy atom. The summed E-state index contributed by atoms with van der Waals surface area (Å²) in [4.78, 5) is 7.28. The molecule has 1 fully saturated rings. The Morgan fingerprint density at radius 1 is 1.04 bits per heavy atom. The van der Waals surface area contributed by atoms with Crippen molar-refractivity contribution in [3.05, 3.63) is 42.0 Å². The van der Waals surface area contributed by atoms with Crippen LogP contribution in [-0.2, 0) is 0 Å². The van der Waals surface area contributed by atoms with Crippen molar-refractivity contribution in [3.63, 3.8) is 0 Å². The zero-order valence-electron chi connectivity index (χ0n) is 17.3. The first-order valence-corrected chi connectivity index (χ1v) is 9.74. The first-order valence-electron chi connectivity index (χ1n) is 9.74. The molecule has 3 rings (SSSR count). The van der Waals surface area contributed by atoms with Crippen LogP contribution in [0.25, 0.3) is 11.3 Å². The highest BCUT2D eigenvalue weighted by Gasteiger charge is 2.14. The van der Waals surface area contributed by atoms with Gasteiger partial charge in [-0.25, -0.2) is 4.98 Å². The Balaban J connectivity index is 0.00000196. The lowest BCUT2D eigenvalue weighted by molar-refractivity contribution is 0.268. The van der Waals surface area contributed by atoms with Crippen molar-refractivity contribution < 1.29 is 4.74 Å². The van der Waals surface area contributed by atoms with Crippen LogP contribution < -0.4 is 15.0 Å². The maximum absolute atomic E-state index is 6.03. The SMILES string of the molecule is CC(C)COc1ccc(-c2cccc(N3CCNCC3)n2)cc1C(C)C.Cl.Cl. The maximum Gasteiger partial charge on any atom is 0.129 e. The monoisotopic (exact) mass is 425 g/mol. The number of rotatable bonds is 6. The number of piperazine rings is 1. The number of benzene rings is 1. The average Bonchev–Trinajstić information content (AvgIpc) is 2.67. The second kappa shape index (κ2) is 11.5. The second-order valence-electron chi connectivity index (χ2n) is 7.73. The zero-order chi connectivity index (χ0) is 18.5. The van der Waals surface area contributed by atoms with Gasteiger partial charge < -0.3 is 15.0 Å². The fourth-order valence-electron chi connectivity index (χ4n) is 3.20. The van der Waals surface area contributed by atoms with Crippen LogP contribution in [-0.4, -0.2) is 37.8 Å². The third-order valence-corrected chi connectivity index (χ3v) is 4.68. The molecular formula is C22H33Cl2N3O. The average molecular weight is 426 g/mol. The first kappa shape index (κ1) is 24.5. The van der Waals surface area contributed by atoms with Gasteiger partial charge in [0.1, 0.15) is 11.6 Å². The topological polar surface area (TPSA) is 37.4 Å². The number of hydrogen-bond acceptors (Lipinski definition) is 4. The minimum atomic E-state index is 0. The van der Waals surface area contributed by atoms with Crippen LogP contribution in [0.5, 0.6) is 5.75 Å². The molecule has 0 bridgehead atoms. The van der Waals surface area contributed by atoms with Crippen molar-refractivity contribution >= 4 is 30.6 Å². The molecule has 1 saturated heterocycles. The van der Waals surface area contributed by atoms with E-state index < -0.39 is 0 Å². The van der Waals surface area contributed by atoms with E-state index >= 15 is 0 Å². The molecule has 6 heteroatoms. The van der Waals surface area contributed by atoms with Gasteiger partial charge >= 0.3 is 0 Å². The largest absolute Gasteiger partial charge is 0.493 e. The molecule has 28 heavy (non-hydrogen) atoms. The molecule has 2 aromatic rings. The third-order valence-electron chi connectivity index (χ3n) is 4.68. The lowest BCUT2D eigenvalue weighted by atomic mass is 9.98. The fraction of sp³-hybridized carbons (Fsp3) is 0.500. The number of pyridine rings is 1. The summed E-state index contributed by atoms with van der Waals surface area (Å²) in [5.41, 5.74) is 3.43. The number of anilines is 1. The van der Waals surface area contributed by atoms with Gasteiger partial charge in [0.15, 0.2) is 0 Å². The zero-order valence-corrected chi connectivity index (χ0v) is 18.9. The smallest absolute Gasteiger partial charge is 0.129 e. The number of aromatic nitrogens is 1. The number of nitrogens with one attached hydrogen (secondary N) is 1. The highest BCUT2D eigenvalue weighted by Crippen LogP contribution is 2.32. The highest BCUT2D eigenvalue weighted by atomic mass is 35.5. The van der Waals surface area contributed by atoms with Crippen molar-refractivity contribution in [2.75, 3.05) is 37.7 Å². The summed E-state index contributed by atoms with van der Waals surface area (Å²) in [7, 11) is 0. The number of hydrogen-bond donors (Lipinski definition) is 1. The summed E-state index contributed by atoms with van der Waals surface area (Å²) in [6, 6.07) is 12.8. The Kier molecular flexibility index (Phi) is 10.1. The third kappa shape index (κ3) is 6.26. The molecule has 1 aromatic carbocycles. The number of nitrogens with zero attached hydrogens (tertiary/aromatic N) is 2. The van der Waals surface area contributed by atoms with Crippen LogP contribution in [0, 0.1) is 5.92 Å². The summed E-state index contributed by atoms with van der Waals surface area (Å²) >= 11 is 0. The van der Waals surface area contributed by atoms with E-state index in [0.717, 1.165) is 55.6 Å². The van der Waals surface area contributed by atoms with E-state index in [1.807, 2.05) is 0 Å². The van der Waals surface area contributed by atoms with Gasteiger partial charge in [0, 0.05) is 31.7 Å². The molecule has 0 spiro atoms. The number of halogens is 2. The van der Waals surface area contributed by atoms with E-state index in [1.54, 1.807) is 0 Å². The van der Waals surface area contributed by atoms with Crippen LogP contribution in [0.4, 0.5) is 5.82 Å². The minimum Gasteiger partial charge on any atom is -0.493 e. The summed E-state index contributed by atoms with van der Waals surface area (Å²) in [5, 5.41) is 3.39. The highest BCUT2D eigenvalue weighted by molar-refractivity contribution is 5.85. The summed E-state index contributed by atoms with van der Waals surface area (Å²) in [6.07, 6.45) is 0. The molecule has 0 unspecified atom stereocenters. The fourth-order valence-corrected chi connectivity index (χ4v) is 3.20. The molecule has 0 aliphatic carbocycles. The Hall–Kier alpha value is -1.49. The van der Waals surface area contributed by atoms with E-state index in [0.29, 0.717) is 11.8 Å². The van der Waals surface area contributed by atoms with Crippen molar-refractivity contribution in [1.29, 1.82) is 0 Å². The van der Waals surface area contributed by atoms with Gasteiger partial charge in [-0.05, 0) is 47.7 Å². The standard InChI is InChI=1S/C22H31N3O.2ClH/c1-16(2)15-26-21-9-8-18(14-19(21)17(3)4)20-6-5-7-22(24-20)25-12-10-23-11-13-25;;/h5-9,14,16-17,23H,10-13,15H2,1-4H3;2*1H. The van der Waals surface area contributed by atoms with Crippen LogP contribution in [0.2, 0.25) is 0 Å². The van der Waals surface area contributed by atoms with Gasteiger partial charge in [-0.15, -0.1) is 24.8 Å². The van der Waals surface area contributed by atoms with Crippen LogP contribution in [0.15, 0.2) is 36.4 Å². The minimum absolute atomic E-state index is 0. The molecule has 0 radical (unpaired) electrons. The molecule has 156 valence electrons. The quantitative estimate of drug-likeness (QED) is 0.693. The Labute approximate surface area is 181 Å². The van der Waals surface area contributed by atoms with Gasteiger partial charge in [-0.3, -0.25) is 0 Å².